The fraction of sp³-hybridized carbons (Fsp3) is 0.100. The molecule has 5 rings (SSSR count). The second-order valence-electron chi connectivity index (χ2n) is 8.37. The number of allylic oxidation sites excluding steroid dienone is 2. The van der Waals surface area contributed by atoms with Crippen molar-refractivity contribution in [2.75, 3.05) is 0 Å². The molecule has 1 atom stereocenters. The topological polar surface area (TPSA) is 17.1 Å². The molecule has 0 saturated carbocycles. The SMILES string of the molecule is O=C1C=C(c2ccccc2Br)CC(c2cc(-c3ccccc3)c(-c3ccccc3)cc2Br)C1. The van der Waals surface area contributed by atoms with E-state index in [0.29, 0.717) is 6.42 Å². The van der Waals surface area contributed by atoms with Crippen molar-refractivity contribution in [3.63, 3.8) is 0 Å². The molecule has 0 amide bonds. The monoisotopic (exact) mass is 556 g/mol. The van der Waals surface area contributed by atoms with E-state index in [2.05, 4.69) is 98.6 Å². The maximum atomic E-state index is 12.8. The van der Waals surface area contributed by atoms with E-state index in [1.807, 2.05) is 36.4 Å². The van der Waals surface area contributed by atoms with Gasteiger partial charge in [0, 0.05) is 15.4 Å². The minimum Gasteiger partial charge on any atom is -0.295 e. The highest BCUT2D eigenvalue weighted by Crippen LogP contribution is 2.44. The van der Waals surface area contributed by atoms with E-state index in [0.717, 1.165) is 26.5 Å². The number of rotatable bonds is 4. The van der Waals surface area contributed by atoms with E-state index >= 15 is 0 Å². The summed E-state index contributed by atoms with van der Waals surface area (Å²) in [5, 5.41) is 0. The highest BCUT2D eigenvalue weighted by atomic mass is 79.9. The van der Waals surface area contributed by atoms with Crippen molar-refractivity contribution in [2.45, 2.75) is 18.8 Å². The van der Waals surface area contributed by atoms with Crippen LogP contribution in [0.3, 0.4) is 0 Å². The summed E-state index contributed by atoms with van der Waals surface area (Å²) < 4.78 is 2.07. The summed E-state index contributed by atoms with van der Waals surface area (Å²) in [7, 11) is 0. The van der Waals surface area contributed by atoms with Gasteiger partial charge in [0.25, 0.3) is 0 Å². The van der Waals surface area contributed by atoms with Crippen LogP contribution >= 0.6 is 31.9 Å². The third-order valence-corrected chi connectivity index (χ3v) is 7.59. The second-order valence-corrected chi connectivity index (χ2v) is 10.1. The van der Waals surface area contributed by atoms with Crippen molar-refractivity contribution in [2.24, 2.45) is 0 Å². The number of ketones is 1. The third kappa shape index (κ3) is 4.66. The third-order valence-electron chi connectivity index (χ3n) is 6.22. The van der Waals surface area contributed by atoms with Gasteiger partial charge in [-0.05, 0) is 75.6 Å². The normalized spacial score (nSPS) is 15.9. The molecule has 1 nitrogen and oxygen atoms in total. The van der Waals surface area contributed by atoms with Gasteiger partial charge in [-0.3, -0.25) is 4.79 Å². The van der Waals surface area contributed by atoms with Gasteiger partial charge < -0.3 is 0 Å². The molecule has 4 aromatic carbocycles. The summed E-state index contributed by atoms with van der Waals surface area (Å²) in [5.41, 5.74) is 8.08. The summed E-state index contributed by atoms with van der Waals surface area (Å²) in [6, 6.07) is 33.6. The van der Waals surface area contributed by atoms with Crippen molar-refractivity contribution in [1.82, 2.24) is 0 Å². The van der Waals surface area contributed by atoms with Gasteiger partial charge in [0.05, 0.1) is 0 Å². The molecule has 1 aliphatic carbocycles. The summed E-state index contributed by atoms with van der Waals surface area (Å²) >= 11 is 7.52. The molecule has 1 aliphatic rings. The zero-order valence-electron chi connectivity index (χ0n) is 18.0. The summed E-state index contributed by atoms with van der Waals surface area (Å²) in [6.45, 7) is 0. The van der Waals surface area contributed by atoms with Crippen LogP contribution in [0.15, 0.2) is 112 Å². The highest BCUT2D eigenvalue weighted by Gasteiger charge is 2.26. The molecule has 0 heterocycles. The summed E-state index contributed by atoms with van der Waals surface area (Å²) in [4.78, 5) is 12.8. The first-order valence-corrected chi connectivity index (χ1v) is 12.6. The van der Waals surface area contributed by atoms with Crippen LogP contribution in [-0.4, -0.2) is 5.78 Å². The molecule has 3 heteroatoms. The first-order valence-electron chi connectivity index (χ1n) is 11.0. The number of hydrogen-bond acceptors (Lipinski definition) is 1. The standard InChI is InChI=1S/C30H22Br2O/c31-29-14-8-7-13-25(29)22-15-23(17-24(33)16-22)28-18-26(20-9-3-1-4-10-20)27(19-30(28)32)21-11-5-2-6-12-21/h1-14,16,18-19,23H,15,17H2. The molecule has 0 aliphatic heterocycles. The average Bonchev–Trinajstić information content (AvgIpc) is 2.85. The van der Waals surface area contributed by atoms with Crippen LogP contribution in [0.25, 0.3) is 27.8 Å². The van der Waals surface area contributed by atoms with Gasteiger partial charge >= 0.3 is 0 Å². The molecular weight excluding hydrogens is 536 g/mol. The highest BCUT2D eigenvalue weighted by molar-refractivity contribution is 9.10. The Morgan fingerprint density at radius 2 is 1.18 bits per heavy atom. The quantitative estimate of drug-likeness (QED) is 0.244. The Labute approximate surface area is 211 Å². The lowest BCUT2D eigenvalue weighted by Gasteiger charge is -2.26. The van der Waals surface area contributed by atoms with E-state index in [1.54, 1.807) is 0 Å². The van der Waals surface area contributed by atoms with Crippen molar-refractivity contribution in [3.8, 4) is 22.3 Å². The molecule has 0 fully saturated rings. The van der Waals surface area contributed by atoms with Gasteiger partial charge in [0.2, 0.25) is 0 Å². The average molecular weight is 558 g/mol. The lowest BCUT2D eigenvalue weighted by Crippen LogP contribution is -2.13. The lowest BCUT2D eigenvalue weighted by molar-refractivity contribution is -0.115. The van der Waals surface area contributed by atoms with Crippen LogP contribution in [0, 0.1) is 0 Å². The van der Waals surface area contributed by atoms with Crippen LogP contribution in [0.1, 0.15) is 29.9 Å². The lowest BCUT2D eigenvalue weighted by atomic mass is 9.79. The molecule has 0 radical (unpaired) electrons. The van der Waals surface area contributed by atoms with Gasteiger partial charge in [-0.15, -0.1) is 0 Å². The zero-order valence-corrected chi connectivity index (χ0v) is 21.1. The Balaban J connectivity index is 1.61. The van der Waals surface area contributed by atoms with Crippen molar-refractivity contribution in [1.29, 1.82) is 0 Å². The first-order chi connectivity index (χ1) is 16.1. The predicted molar refractivity (Wildman–Crippen MR) is 144 cm³/mol. The van der Waals surface area contributed by atoms with E-state index < -0.39 is 0 Å². The number of hydrogen-bond donors (Lipinski definition) is 0. The summed E-state index contributed by atoms with van der Waals surface area (Å²) in [5.74, 6) is 0.295. The Morgan fingerprint density at radius 1 is 0.606 bits per heavy atom. The number of benzene rings is 4. The molecule has 0 spiro atoms. The van der Waals surface area contributed by atoms with Crippen LogP contribution in [0.5, 0.6) is 0 Å². The van der Waals surface area contributed by atoms with Crippen molar-refractivity contribution >= 4 is 43.2 Å². The zero-order chi connectivity index (χ0) is 22.8. The molecule has 0 bridgehead atoms. The Bertz CT molecular complexity index is 1340. The van der Waals surface area contributed by atoms with Gasteiger partial charge in [0.15, 0.2) is 5.78 Å². The van der Waals surface area contributed by atoms with Gasteiger partial charge in [-0.25, -0.2) is 0 Å². The molecule has 0 aromatic heterocycles. The molecule has 1 unspecified atom stereocenters. The van der Waals surface area contributed by atoms with Gasteiger partial charge in [-0.2, -0.15) is 0 Å². The smallest absolute Gasteiger partial charge is 0.156 e. The van der Waals surface area contributed by atoms with E-state index in [9.17, 15) is 4.79 Å². The Kier molecular flexibility index (Phi) is 6.43. The largest absolute Gasteiger partial charge is 0.295 e. The van der Waals surface area contributed by atoms with E-state index in [1.165, 1.54) is 27.8 Å². The van der Waals surface area contributed by atoms with E-state index in [4.69, 9.17) is 0 Å². The molecule has 0 saturated heterocycles. The van der Waals surface area contributed by atoms with Crippen molar-refractivity contribution in [3.05, 3.63) is 123 Å². The van der Waals surface area contributed by atoms with Crippen LogP contribution in [-0.2, 0) is 4.79 Å². The van der Waals surface area contributed by atoms with Gasteiger partial charge in [-0.1, -0.05) is 111 Å². The fourth-order valence-corrected chi connectivity index (χ4v) is 5.84. The molecular formula is C30H22Br2O. The first kappa shape index (κ1) is 22.1. The maximum absolute atomic E-state index is 12.8. The number of carbonyl (C=O) groups excluding carboxylic acids is 1. The molecule has 0 N–H and O–H groups in total. The summed E-state index contributed by atoms with van der Waals surface area (Å²) in [6.07, 6.45) is 3.16. The van der Waals surface area contributed by atoms with Crippen LogP contribution in [0.2, 0.25) is 0 Å². The molecule has 4 aromatic rings. The minimum atomic E-state index is 0.117. The van der Waals surface area contributed by atoms with Gasteiger partial charge in [0.1, 0.15) is 0 Å². The maximum Gasteiger partial charge on any atom is 0.156 e. The fourth-order valence-electron chi connectivity index (χ4n) is 4.64. The minimum absolute atomic E-state index is 0.117. The number of halogens is 2. The van der Waals surface area contributed by atoms with Crippen LogP contribution in [0.4, 0.5) is 0 Å². The second kappa shape index (κ2) is 9.62. The number of carbonyl (C=O) groups is 1. The predicted octanol–water partition coefficient (Wildman–Crippen LogP) is 9.08. The Hall–Kier alpha value is -2.75. The Morgan fingerprint density at radius 3 is 1.82 bits per heavy atom. The van der Waals surface area contributed by atoms with E-state index in [-0.39, 0.29) is 11.7 Å². The molecule has 162 valence electrons. The van der Waals surface area contributed by atoms with Crippen LogP contribution < -0.4 is 0 Å². The van der Waals surface area contributed by atoms with Crippen molar-refractivity contribution < 1.29 is 4.79 Å². The molecule has 33 heavy (non-hydrogen) atoms.